The highest BCUT2D eigenvalue weighted by atomic mass is 16.5. The lowest BCUT2D eigenvalue weighted by atomic mass is 9.71. The maximum atomic E-state index is 10.7. The molecule has 1 atom stereocenters. The molecule has 0 aromatic heterocycles. The minimum atomic E-state index is -0.661. The van der Waals surface area contributed by atoms with E-state index in [1.165, 1.54) is 31.8 Å². The topological polar surface area (TPSA) is 46.5 Å². The fourth-order valence-electron chi connectivity index (χ4n) is 3.26. The van der Waals surface area contributed by atoms with Gasteiger partial charge in [0.2, 0.25) is 0 Å². The van der Waals surface area contributed by atoms with Crippen LogP contribution in [0.4, 0.5) is 0 Å². The van der Waals surface area contributed by atoms with Gasteiger partial charge in [-0.25, -0.2) is 0 Å². The van der Waals surface area contributed by atoms with Crippen molar-refractivity contribution in [3.63, 3.8) is 0 Å². The van der Waals surface area contributed by atoms with E-state index in [4.69, 9.17) is 4.74 Å². The number of hydrogen-bond donors (Lipinski definition) is 1. The molecule has 0 saturated heterocycles. The number of aliphatic hydroxyl groups excluding tert-OH is 1. The second-order valence-corrected chi connectivity index (χ2v) is 7.70. The summed E-state index contributed by atoms with van der Waals surface area (Å²) < 4.78 is 4.86. The van der Waals surface area contributed by atoms with Crippen LogP contribution in [0.3, 0.4) is 0 Å². The number of esters is 1. The molecule has 1 rings (SSSR count). The Balaban J connectivity index is 2.65. The summed E-state index contributed by atoms with van der Waals surface area (Å²) in [6, 6.07) is 0. The predicted octanol–water partition coefficient (Wildman–Crippen LogP) is 5.28. The van der Waals surface area contributed by atoms with E-state index in [-0.39, 0.29) is 12.6 Å². The Labute approximate surface area is 153 Å². The number of aliphatic hydroxyl groups is 1. The van der Waals surface area contributed by atoms with Gasteiger partial charge in [0.25, 0.3) is 0 Å². The fraction of sp³-hybridized carbons (Fsp3) is 0.591. The number of hydrogen-bond acceptors (Lipinski definition) is 3. The van der Waals surface area contributed by atoms with Gasteiger partial charge in [-0.1, -0.05) is 48.8 Å². The van der Waals surface area contributed by atoms with Gasteiger partial charge in [0, 0.05) is 6.92 Å². The van der Waals surface area contributed by atoms with E-state index in [1.807, 2.05) is 13.0 Å². The van der Waals surface area contributed by atoms with Crippen molar-refractivity contribution in [3.05, 3.63) is 46.6 Å². The Bertz CT molecular complexity index is 588. The van der Waals surface area contributed by atoms with Crippen molar-refractivity contribution >= 4 is 5.97 Å². The number of carbonyl (C=O) groups is 1. The largest absolute Gasteiger partial charge is 0.462 e. The van der Waals surface area contributed by atoms with Gasteiger partial charge in [-0.05, 0) is 63.5 Å². The highest BCUT2D eigenvalue weighted by Gasteiger charge is 2.27. The molecule has 3 heteroatoms. The third kappa shape index (κ3) is 7.43. The molecule has 1 aliphatic rings. The molecule has 0 aromatic rings. The van der Waals surface area contributed by atoms with Gasteiger partial charge in [-0.2, -0.15) is 0 Å². The van der Waals surface area contributed by atoms with Crippen LogP contribution in [-0.4, -0.2) is 23.8 Å². The first-order valence-electron chi connectivity index (χ1n) is 9.15. The lowest BCUT2D eigenvalue weighted by Crippen LogP contribution is -2.20. The SMILES string of the molecule is CC(=O)OC/C=C(\C)C(O)/C=C/C(C)=C/CC1=C(C)CCCC1(C)C. The zero-order chi connectivity index (χ0) is 19.0. The van der Waals surface area contributed by atoms with Gasteiger partial charge < -0.3 is 9.84 Å². The van der Waals surface area contributed by atoms with Gasteiger partial charge in [0.1, 0.15) is 6.61 Å². The van der Waals surface area contributed by atoms with Crippen molar-refractivity contribution < 1.29 is 14.6 Å². The highest BCUT2D eigenvalue weighted by molar-refractivity contribution is 5.66. The summed E-state index contributed by atoms with van der Waals surface area (Å²) in [4.78, 5) is 10.7. The maximum absolute atomic E-state index is 10.7. The number of rotatable bonds is 7. The standard InChI is InChI=1S/C22H34O3/c1-16(9-11-20-17(2)8-7-14-22(20,5)6)10-12-21(24)18(3)13-15-25-19(4)23/h9-10,12-13,21,24H,7-8,11,14-15H2,1-6H3/b12-10+,16-9+,18-13+. The zero-order valence-electron chi connectivity index (χ0n) is 16.7. The highest BCUT2D eigenvalue weighted by Crippen LogP contribution is 2.41. The molecule has 0 aliphatic heterocycles. The van der Waals surface area contributed by atoms with Crippen molar-refractivity contribution in [2.75, 3.05) is 6.61 Å². The van der Waals surface area contributed by atoms with E-state index in [1.54, 1.807) is 17.7 Å². The molecule has 1 aliphatic carbocycles. The predicted molar refractivity (Wildman–Crippen MR) is 104 cm³/mol. The minimum Gasteiger partial charge on any atom is -0.462 e. The molecule has 0 aromatic carbocycles. The first-order valence-corrected chi connectivity index (χ1v) is 9.15. The van der Waals surface area contributed by atoms with E-state index in [0.29, 0.717) is 5.41 Å². The molecule has 0 radical (unpaired) electrons. The summed E-state index contributed by atoms with van der Waals surface area (Å²) in [7, 11) is 0. The smallest absolute Gasteiger partial charge is 0.302 e. The van der Waals surface area contributed by atoms with Gasteiger partial charge in [0.15, 0.2) is 0 Å². The summed E-state index contributed by atoms with van der Waals surface area (Å²) in [5.74, 6) is -0.317. The summed E-state index contributed by atoms with van der Waals surface area (Å²) >= 11 is 0. The normalized spacial score (nSPS) is 20.1. The third-order valence-corrected chi connectivity index (χ3v) is 5.01. The first-order chi connectivity index (χ1) is 11.6. The molecule has 1 N–H and O–H groups in total. The Kier molecular flexibility index (Phi) is 8.37. The lowest BCUT2D eigenvalue weighted by molar-refractivity contribution is -0.139. The van der Waals surface area contributed by atoms with Crippen molar-refractivity contribution in [1.29, 1.82) is 0 Å². The van der Waals surface area contributed by atoms with E-state index >= 15 is 0 Å². The molecule has 0 heterocycles. The van der Waals surface area contributed by atoms with Crippen LogP contribution in [0.2, 0.25) is 0 Å². The first kappa shape index (κ1) is 21.4. The fourth-order valence-corrected chi connectivity index (χ4v) is 3.26. The van der Waals surface area contributed by atoms with Crippen LogP contribution < -0.4 is 0 Å². The van der Waals surface area contributed by atoms with Crippen LogP contribution in [0.5, 0.6) is 0 Å². The van der Waals surface area contributed by atoms with Crippen LogP contribution in [0, 0.1) is 5.41 Å². The lowest BCUT2D eigenvalue weighted by Gasteiger charge is -2.34. The summed E-state index contributed by atoms with van der Waals surface area (Å²) in [6.07, 6.45) is 11.8. The van der Waals surface area contributed by atoms with Crippen LogP contribution in [0.25, 0.3) is 0 Å². The van der Waals surface area contributed by atoms with Gasteiger partial charge in [-0.15, -0.1) is 0 Å². The monoisotopic (exact) mass is 346 g/mol. The quantitative estimate of drug-likeness (QED) is 0.388. The molecular weight excluding hydrogens is 312 g/mol. The van der Waals surface area contributed by atoms with Crippen molar-refractivity contribution in [1.82, 2.24) is 0 Å². The molecule has 0 saturated carbocycles. The molecule has 0 bridgehead atoms. The summed E-state index contributed by atoms with van der Waals surface area (Å²) in [6.45, 7) is 12.4. The van der Waals surface area contributed by atoms with Crippen LogP contribution in [0.15, 0.2) is 46.6 Å². The van der Waals surface area contributed by atoms with Crippen LogP contribution in [-0.2, 0) is 9.53 Å². The van der Waals surface area contributed by atoms with Crippen molar-refractivity contribution in [3.8, 4) is 0 Å². The summed E-state index contributed by atoms with van der Waals surface area (Å²) in [5.41, 5.74) is 5.31. The molecule has 0 spiro atoms. The number of carbonyl (C=O) groups excluding carboxylic acids is 1. The third-order valence-electron chi connectivity index (χ3n) is 5.01. The average molecular weight is 347 g/mol. The number of allylic oxidation sites excluding steroid dienone is 5. The maximum Gasteiger partial charge on any atom is 0.302 e. The van der Waals surface area contributed by atoms with Crippen molar-refractivity contribution in [2.24, 2.45) is 5.41 Å². The Morgan fingerprint density at radius 3 is 2.56 bits per heavy atom. The number of ether oxygens (including phenoxy) is 1. The summed E-state index contributed by atoms with van der Waals surface area (Å²) in [5, 5.41) is 10.1. The van der Waals surface area contributed by atoms with Crippen LogP contribution >= 0.6 is 0 Å². The van der Waals surface area contributed by atoms with Gasteiger partial charge in [0.05, 0.1) is 6.10 Å². The van der Waals surface area contributed by atoms with E-state index < -0.39 is 6.10 Å². The van der Waals surface area contributed by atoms with E-state index in [2.05, 4.69) is 33.8 Å². The Morgan fingerprint density at radius 2 is 1.96 bits per heavy atom. The molecule has 140 valence electrons. The molecule has 25 heavy (non-hydrogen) atoms. The molecule has 0 amide bonds. The van der Waals surface area contributed by atoms with E-state index in [9.17, 15) is 9.90 Å². The minimum absolute atomic E-state index is 0.198. The Morgan fingerprint density at radius 1 is 1.28 bits per heavy atom. The second-order valence-electron chi connectivity index (χ2n) is 7.70. The second kappa shape index (κ2) is 9.76. The zero-order valence-corrected chi connectivity index (χ0v) is 16.7. The molecule has 1 unspecified atom stereocenters. The molecule has 3 nitrogen and oxygen atoms in total. The molecular formula is C22H34O3. The molecule has 0 fully saturated rings. The van der Waals surface area contributed by atoms with E-state index in [0.717, 1.165) is 17.6 Å². The Hall–Kier alpha value is -1.61. The van der Waals surface area contributed by atoms with Crippen LogP contribution in [0.1, 0.15) is 67.2 Å². The average Bonchev–Trinajstić information content (AvgIpc) is 2.50. The van der Waals surface area contributed by atoms with Gasteiger partial charge >= 0.3 is 5.97 Å². The van der Waals surface area contributed by atoms with Crippen molar-refractivity contribution in [2.45, 2.75) is 73.3 Å². The van der Waals surface area contributed by atoms with Gasteiger partial charge in [-0.3, -0.25) is 4.79 Å².